The summed E-state index contributed by atoms with van der Waals surface area (Å²) in [4.78, 5) is 14.0. The smallest absolute Gasteiger partial charge is 0.244 e. The maximum atomic E-state index is 12.5. The molecule has 2 aromatic carbocycles. The number of morpholine rings is 1. The molecule has 27 heavy (non-hydrogen) atoms. The Morgan fingerprint density at radius 1 is 1.11 bits per heavy atom. The van der Waals surface area contributed by atoms with Crippen molar-refractivity contribution in [3.63, 3.8) is 0 Å². The number of hydrogen-bond donors (Lipinski definition) is 2. The van der Waals surface area contributed by atoms with Gasteiger partial charge in [0.1, 0.15) is 25.7 Å². The van der Waals surface area contributed by atoms with Gasteiger partial charge in [0.2, 0.25) is 5.91 Å². The first-order valence-corrected chi connectivity index (χ1v) is 9.78. The van der Waals surface area contributed by atoms with Crippen LogP contribution in [0, 0.1) is 0 Å². The second kappa shape index (κ2) is 10.0. The summed E-state index contributed by atoms with van der Waals surface area (Å²) in [5.41, 5.74) is 3.48. The Morgan fingerprint density at radius 2 is 1.81 bits per heavy atom. The van der Waals surface area contributed by atoms with Gasteiger partial charge in [-0.15, -0.1) is 0 Å². The van der Waals surface area contributed by atoms with Crippen molar-refractivity contribution in [3.8, 4) is 0 Å². The van der Waals surface area contributed by atoms with Crippen LogP contribution in [0.4, 0.5) is 0 Å². The number of rotatable bonds is 7. The Bertz CT molecular complexity index is 735. The van der Waals surface area contributed by atoms with E-state index in [4.69, 9.17) is 4.74 Å². The van der Waals surface area contributed by atoms with Gasteiger partial charge in [0.05, 0.1) is 13.2 Å². The van der Waals surface area contributed by atoms with Crippen LogP contribution in [0.3, 0.4) is 0 Å². The quantitative estimate of drug-likeness (QED) is 0.738. The molecule has 4 heteroatoms. The van der Waals surface area contributed by atoms with Crippen molar-refractivity contribution in [2.45, 2.75) is 19.4 Å². The first kappa shape index (κ1) is 19.3. The van der Waals surface area contributed by atoms with Crippen molar-refractivity contribution in [1.29, 1.82) is 0 Å². The highest BCUT2D eigenvalue weighted by Gasteiger charge is 2.22. The van der Waals surface area contributed by atoms with Crippen molar-refractivity contribution in [2.75, 3.05) is 32.8 Å². The SMILES string of the molecule is CCc1ccc(/C=C/C(=O)N[C@@H](C[NH+]2CCOCC2)c2ccccc2)cc1. The average molecular weight is 365 g/mol. The van der Waals surface area contributed by atoms with Crippen LogP contribution < -0.4 is 10.2 Å². The molecule has 0 saturated carbocycles. The van der Waals surface area contributed by atoms with E-state index in [0.717, 1.165) is 50.4 Å². The normalized spacial score (nSPS) is 16.3. The van der Waals surface area contributed by atoms with E-state index >= 15 is 0 Å². The summed E-state index contributed by atoms with van der Waals surface area (Å²) in [6.07, 6.45) is 4.52. The lowest BCUT2D eigenvalue weighted by atomic mass is 10.1. The van der Waals surface area contributed by atoms with E-state index in [1.54, 1.807) is 6.08 Å². The highest BCUT2D eigenvalue weighted by atomic mass is 16.5. The Morgan fingerprint density at radius 3 is 2.48 bits per heavy atom. The number of carbonyl (C=O) groups is 1. The van der Waals surface area contributed by atoms with Crippen molar-refractivity contribution >= 4 is 12.0 Å². The van der Waals surface area contributed by atoms with Crippen LogP contribution >= 0.6 is 0 Å². The molecular formula is C23H29N2O2+. The van der Waals surface area contributed by atoms with Gasteiger partial charge in [0.25, 0.3) is 0 Å². The van der Waals surface area contributed by atoms with Gasteiger partial charge < -0.3 is 15.0 Å². The third-order valence-electron chi connectivity index (χ3n) is 5.03. The molecule has 1 heterocycles. The lowest BCUT2D eigenvalue weighted by molar-refractivity contribution is -0.909. The van der Waals surface area contributed by atoms with Crippen molar-refractivity contribution in [1.82, 2.24) is 5.32 Å². The van der Waals surface area contributed by atoms with Gasteiger partial charge in [0.15, 0.2) is 0 Å². The molecule has 1 aliphatic rings. The predicted molar refractivity (Wildman–Crippen MR) is 109 cm³/mol. The molecule has 0 radical (unpaired) electrons. The molecule has 0 spiro atoms. The fraction of sp³-hybridized carbons (Fsp3) is 0.348. The molecular weight excluding hydrogens is 336 g/mol. The predicted octanol–water partition coefficient (Wildman–Crippen LogP) is 2.03. The van der Waals surface area contributed by atoms with Crippen LogP contribution in [0.5, 0.6) is 0 Å². The molecule has 142 valence electrons. The number of nitrogens with one attached hydrogen (secondary N) is 2. The van der Waals surface area contributed by atoms with E-state index in [-0.39, 0.29) is 11.9 Å². The monoisotopic (exact) mass is 365 g/mol. The van der Waals surface area contributed by atoms with E-state index < -0.39 is 0 Å². The van der Waals surface area contributed by atoms with Crippen molar-refractivity contribution < 1.29 is 14.4 Å². The zero-order chi connectivity index (χ0) is 18.9. The molecule has 1 aliphatic heterocycles. The van der Waals surface area contributed by atoms with Crippen molar-refractivity contribution in [2.24, 2.45) is 0 Å². The Balaban J connectivity index is 1.64. The van der Waals surface area contributed by atoms with E-state index in [0.29, 0.717) is 0 Å². The van der Waals surface area contributed by atoms with E-state index in [2.05, 4.69) is 48.6 Å². The topological polar surface area (TPSA) is 42.8 Å². The summed E-state index contributed by atoms with van der Waals surface area (Å²) in [5.74, 6) is -0.0592. The van der Waals surface area contributed by atoms with E-state index in [1.165, 1.54) is 10.5 Å². The summed E-state index contributed by atoms with van der Waals surface area (Å²) in [6.45, 7) is 6.56. The second-order valence-corrected chi connectivity index (χ2v) is 6.97. The summed E-state index contributed by atoms with van der Waals surface area (Å²) >= 11 is 0. The number of amides is 1. The number of benzene rings is 2. The van der Waals surface area contributed by atoms with E-state index in [9.17, 15) is 4.79 Å². The molecule has 2 N–H and O–H groups in total. The Hall–Kier alpha value is -2.43. The molecule has 1 saturated heterocycles. The van der Waals surface area contributed by atoms with Crippen LogP contribution in [-0.2, 0) is 16.0 Å². The van der Waals surface area contributed by atoms with Crippen LogP contribution in [0.2, 0.25) is 0 Å². The molecule has 3 rings (SSSR count). The second-order valence-electron chi connectivity index (χ2n) is 6.97. The first-order valence-electron chi connectivity index (χ1n) is 9.78. The van der Waals surface area contributed by atoms with Gasteiger partial charge in [0, 0.05) is 6.08 Å². The first-order chi connectivity index (χ1) is 13.2. The van der Waals surface area contributed by atoms with Gasteiger partial charge in [-0.2, -0.15) is 0 Å². The zero-order valence-corrected chi connectivity index (χ0v) is 16.0. The summed E-state index contributed by atoms with van der Waals surface area (Å²) in [5, 5.41) is 3.19. The third-order valence-corrected chi connectivity index (χ3v) is 5.03. The van der Waals surface area contributed by atoms with Gasteiger partial charge in [-0.1, -0.05) is 61.5 Å². The van der Waals surface area contributed by atoms with Crippen LogP contribution in [0.15, 0.2) is 60.7 Å². The largest absolute Gasteiger partial charge is 0.370 e. The minimum absolute atomic E-state index is 0.00100. The molecule has 1 atom stereocenters. The molecule has 4 nitrogen and oxygen atoms in total. The summed E-state index contributed by atoms with van der Waals surface area (Å²) in [6, 6.07) is 18.5. The summed E-state index contributed by atoms with van der Waals surface area (Å²) in [7, 11) is 0. The van der Waals surface area contributed by atoms with Gasteiger partial charge >= 0.3 is 0 Å². The molecule has 0 aliphatic carbocycles. The summed E-state index contributed by atoms with van der Waals surface area (Å²) < 4.78 is 5.45. The molecule has 0 aromatic heterocycles. The number of ether oxygens (including phenoxy) is 1. The number of quaternary nitrogens is 1. The lowest BCUT2D eigenvalue weighted by Crippen LogP contribution is -3.14. The van der Waals surface area contributed by atoms with Gasteiger partial charge in [-0.25, -0.2) is 0 Å². The van der Waals surface area contributed by atoms with Gasteiger partial charge in [-0.3, -0.25) is 4.79 Å². The lowest BCUT2D eigenvalue weighted by Gasteiger charge is -2.28. The minimum atomic E-state index is -0.0592. The standard InChI is InChI=1S/C23H28N2O2/c1-2-19-8-10-20(11-9-19)12-13-23(26)24-22(21-6-4-3-5-7-21)18-25-14-16-27-17-15-25/h3-13,22H,2,14-18H2,1H3,(H,24,26)/p+1/b13-12+/t22-/m0/s1. The Labute approximate surface area is 161 Å². The molecule has 0 bridgehead atoms. The Kier molecular flexibility index (Phi) is 7.19. The maximum Gasteiger partial charge on any atom is 0.244 e. The van der Waals surface area contributed by atoms with Crippen molar-refractivity contribution in [3.05, 3.63) is 77.4 Å². The number of carbonyl (C=O) groups excluding carboxylic acids is 1. The number of hydrogen-bond acceptors (Lipinski definition) is 2. The third kappa shape index (κ3) is 6.05. The average Bonchev–Trinajstić information content (AvgIpc) is 2.73. The van der Waals surface area contributed by atoms with Crippen LogP contribution in [-0.4, -0.2) is 38.8 Å². The fourth-order valence-corrected chi connectivity index (χ4v) is 3.35. The molecule has 2 aromatic rings. The molecule has 1 fully saturated rings. The van der Waals surface area contributed by atoms with Gasteiger partial charge in [-0.05, 0) is 29.2 Å². The van der Waals surface area contributed by atoms with Crippen LogP contribution in [0.25, 0.3) is 6.08 Å². The highest BCUT2D eigenvalue weighted by molar-refractivity contribution is 5.92. The molecule has 1 amide bonds. The van der Waals surface area contributed by atoms with E-state index in [1.807, 2.05) is 24.3 Å². The highest BCUT2D eigenvalue weighted by Crippen LogP contribution is 2.11. The molecule has 0 unspecified atom stereocenters. The van der Waals surface area contributed by atoms with Crippen LogP contribution in [0.1, 0.15) is 29.7 Å². The maximum absolute atomic E-state index is 12.5. The minimum Gasteiger partial charge on any atom is -0.370 e. The fourth-order valence-electron chi connectivity index (χ4n) is 3.35. The zero-order valence-electron chi connectivity index (χ0n) is 16.0. The number of aryl methyl sites for hydroxylation is 1.